The number of rotatable bonds is 8. The van der Waals surface area contributed by atoms with Gasteiger partial charge in [0.15, 0.2) is 0 Å². The summed E-state index contributed by atoms with van der Waals surface area (Å²) in [5.74, 6) is -0.111. The number of pyridine rings is 1. The summed E-state index contributed by atoms with van der Waals surface area (Å²) < 4.78 is 5.32. The lowest BCUT2D eigenvalue weighted by Gasteiger charge is -2.22. The largest absolute Gasteiger partial charge is 0.508 e. The molecule has 0 bridgehead atoms. The zero-order valence-electron chi connectivity index (χ0n) is 20.3. The fourth-order valence-electron chi connectivity index (χ4n) is 3.81. The second-order valence-corrected chi connectivity index (χ2v) is 8.29. The average Bonchev–Trinajstić information content (AvgIpc) is 2.92. The average molecular weight is 482 g/mol. The first-order valence-electron chi connectivity index (χ1n) is 11.2. The summed E-state index contributed by atoms with van der Waals surface area (Å²) in [7, 11) is 5.39. The molecule has 4 rings (SSSR count). The molecule has 7 heteroatoms. The summed E-state index contributed by atoms with van der Waals surface area (Å²) in [5, 5.41) is 19.3. The number of nitrogens with zero attached hydrogens (tertiary/aromatic N) is 3. The van der Waals surface area contributed by atoms with Gasteiger partial charge in [-0.25, -0.2) is 4.79 Å². The van der Waals surface area contributed by atoms with Gasteiger partial charge in [-0.05, 0) is 72.3 Å². The number of hydrogen-bond donors (Lipinski definition) is 2. The van der Waals surface area contributed by atoms with E-state index in [9.17, 15) is 15.0 Å². The Morgan fingerprint density at radius 3 is 2.14 bits per heavy atom. The van der Waals surface area contributed by atoms with Crippen molar-refractivity contribution in [2.45, 2.75) is 0 Å². The third-order valence-electron chi connectivity index (χ3n) is 6.02. The van der Waals surface area contributed by atoms with Crippen LogP contribution in [0.2, 0.25) is 0 Å². The topological polar surface area (TPSA) is 86.1 Å². The van der Waals surface area contributed by atoms with Gasteiger partial charge in [0.05, 0.1) is 30.3 Å². The molecule has 1 aromatic heterocycles. The lowest BCUT2D eigenvalue weighted by atomic mass is 9.99. The molecule has 0 aliphatic carbocycles. The second-order valence-electron chi connectivity index (χ2n) is 8.29. The van der Waals surface area contributed by atoms with Crippen molar-refractivity contribution < 1.29 is 19.7 Å². The Labute approximate surface area is 210 Å². The molecule has 36 heavy (non-hydrogen) atoms. The Bertz CT molecular complexity index is 1400. The maximum atomic E-state index is 11.9. The number of methoxy groups -OCH3 is 1. The van der Waals surface area contributed by atoms with Crippen LogP contribution in [0, 0.1) is 0 Å². The minimum Gasteiger partial charge on any atom is -0.508 e. The van der Waals surface area contributed by atoms with Crippen molar-refractivity contribution in [3.05, 3.63) is 108 Å². The Hall–Kier alpha value is -4.78. The van der Waals surface area contributed by atoms with Crippen LogP contribution in [0.25, 0.3) is 5.57 Å². The van der Waals surface area contributed by atoms with Crippen molar-refractivity contribution in [3.63, 3.8) is 0 Å². The molecule has 0 atom stereocenters. The highest BCUT2D eigenvalue weighted by Crippen LogP contribution is 2.32. The lowest BCUT2D eigenvalue weighted by molar-refractivity contribution is 0.0697. The van der Waals surface area contributed by atoms with Gasteiger partial charge in [-0.3, -0.25) is 4.98 Å². The highest BCUT2D eigenvalue weighted by Gasteiger charge is 2.15. The van der Waals surface area contributed by atoms with Gasteiger partial charge in [0, 0.05) is 42.8 Å². The molecule has 0 aliphatic rings. The molecule has 1 heterocycles. The monoisotopic (exact) mass is 481 g/mol. The first-order chi connectivity index (χ1) is 17.3. The highest BCUT2D eigenvalue weighted by molar-refractivity contribution is 5.92. The van der Waals surface area contributed by atoms with Gasteiger partial charge in [-0.2, -0.15) is 0 Å². The Morgan fingerprint density at radius 1 is 0.833 bits per heavy atom. The number of phenols is 1. The van der Waals surface area contributed by atoms with Crippen LogP contribution in [0.5, 0.6) is 11.5 Å². The summed E-state index contributed by atoms with van der Waals surface area (Å²) in [5.41, 5.74) is 5.37. The predicted octanol–water partition coefficient (Wildman–Crippen LogP) is 6.09. The molecule has 7 nitrogen and oxygen atoms in total. The van der Waals surface area contributed by atoms with E-state index in [-0.39, 0.29) is 11.3 Å². The predicted molar refractivity (Wildman–Crippen MR) is 143 cm³/mol. The van der Waals surface area contributed by atoms with Crippen LogP contribution in [0.4, 0.5) is 22.7 Å². The fourth-order valence-corrected chi connectivity index (χ4v) is 3.81. The quantitative estimate of drug-likeness (QED) is 0.315. The molecule has 0 fully saturated rings. The van der Waals surface area contributed by atoms with E-state index in [1.165, 1.54) is 0 Å². The van der Waals surface area contributed by atoms with E-state index < -0.39 is 5.97 Å². The first kappa shape index (κ1) is 24.3. The molecule has 0 spiro atoms. The van der Waals surface area contributed by atoms with E-state index >= 15 is 0 Å². The van der Waals surface area contributed by atoms with Gasteiger partial charge < -0.3 is 24.7 Å². The van der Waals surface area contributed by atoms with Crippen LogP contribution in [0.1, 0.15) is 21.6 Å². The molecule has 3 aromatic carbocycles. The zero-order valence-corrected chi connectivity index (χ0v) is 20.3. The number of aromatic nitrogens is 1. The zero-order chi connectivity index (χ0) is 25.8. The van der Waals surface area contributed by atoms with Crippen LogP contribution in [0.3, 0.4) is 0 Å². The third kappa shape index (κ3) is 5.15. The summed E-state index contributed by atoms with van der Waals surface area (Å²) in [4.78, 5) is 20.3. The number of hydrogen-bond acceptors (Lipinski definition) is 6. The molecule has 4 aromatic rings. The van der Waals surface area contributed by atoms with Gasteiger partial charge >= 0.3 is 5.97 Å². The number of aromatic hydroxyl groups is 1. The number of carbonyl (C=O) groups is 1. The maximum Gasteiger partial charge on any atom is 0.335 e. The standard InChI is InChI=1S/C29H27N3O4/c1-19(28-13-10-24(18-30-28)31(2)22-8-11-26(33)12-9-22)20-14-21(29(34)35)16-25(15-20)32(3)23-6-5-7-27(17-23)36-4/h5-18,33H,1H2,2-4H3,(H,34,35). The number of carboxylic acid groups (broad SMARTS) is 1. The normalized spacial score (nSPS) is 10.5. The molecule has 0 saturated carbocycles. The molecule has 0 saturated heterocycles. The third-order valence-corrected chi connectivity index (χ3v) is 6.02. The van der Waals surface area contributed by atoms with Crippen LogP contribution in [-0.4, -0.2) is 42.4 Å². The molecular weight excluding hydrogens is 454 g/mol. The summed E-state index contributed by atoms with van der Waals surface area (Å²) >= 11 is 0. The van der Waals surface area contributed by atoms with Crippen molar-refractivity contribution in [3.8, 4) is 11.5 Å². The number of phenolic OH excluding ortho intramolecular Hbond substituents is 1. The Balaban J connectivity index is 1.64. The maximum absolute atomic E-state index is 11.9. The summed E-state index contributed by atoms with van der Waals surface area (Å²) in [6.45, 7) is 4.20. The van der Waals surface area contributed by atoms with Gasteiger partial charge in [-0.1, -0.05) is 12.6 Å². The molecule has 0 aliphatic heterocycles. The van der Waals surface area contributed by atoms with Crippen LogP contribution in [0.15, 0.2) is 91.6 Å². The number of anilines is 4. The van der Waals surface area contributed by atoms with Gasteiger partial charge in [0.2, 0.25) is 0 Å². The van der Waals surface area contributed by atoms with Crippen LogP contribution in [-0.2, 0) is 0 Å². The first-order valence-corrected chi connectivity index (χ1v) is 11.2. The number of carboxylic acids is 1. The number of ether oxygens (including phenoxy) is 1. The highest BCUT2D eigenvalue weighted by atomic mass is 16.5. The van der Waals surface area contributed by atoms with E-state index in [0.717, 1.165) is 17.1 Å². The smallest absolute Gasteiger partial charge is 0.335 e. The van der Waals surface area contributed by atoms with Gasteiger partial charge in [0.25, 0.3) is 0 Å². The molecule has 0 radical (unpaired) electrons. The Morgan fingerprint density at radius 2 is 1.50 bits per heavy atom. The molecule has 182 valence electrons. The number of benzene rings is 3. The second kappa shape index (κ2) is 10.2. The minimum atomic E-state index is -1.02. The Kier molecular flexibility index (Phi) is 6.92. The van der Waals surface area contributed by atoms with Gasteiger partial charge in [-0.15, -0.1) is 0 Å². The molecule has 0 unspecified atom stereocenters. The number of aromatic carboxylic acids is 1. The molecule has 0 amide bonds. The van der Waals surface area contributed by atoms with Gasteiger partial charge in [0.1, 0.15) is 11.5 Å². The lowest BCUT2D eigenvalue weighted by Crippen LogP contribution is -2.11. The summed E-state index contributed by atoms with van der Waals surface area (Å²) in [6.07, 6.45) is 1.73. The van der Waals surface area contributed by atoms with Crippen molar-refractivity contribution in [2.24, 2.45) is 0 Å². The summed E-state index contributed by atoms with van der Waals surface area (Å²) in [6, 6.07) is 23.3. The van der Waals surface area contributed by atoms with Crippen LogP contribution >= 0.6 is 0 Å². The fraction of sp³-hybridized carbons (Fsp3) is 0.103. The van der Waals surface area contributed by atoms with E-state index in [2.05, 4.69) is 11.6 Å². The molecular formula is C29H27N3O4. The van der Waals surface area contributed by atoms with E-state index in [1.54, 1.807) is 37.6 Å². The van der Waals surface area contributed by atoms with Crippen LogP contribution < -0.4 is 14.5 Å². The van der Waals surface area contributed by atoms with Crippen molar-refractivity contribution in [2.75, 3.05) is 31.0 Å². The van der Waals surface area contributed by atoms with E-state index in [0.29, 0.717) is 28.3 Å². The minimum absolute atomic E-state index is 0.155. The van der Waals surface area contributed by atoms with Crippen molar-refractivity contribution >= 4 is 34.3 Å². The molecule has 2 N–H and O–H groups in total. The van der Waals surface area contributed by atoms with E-state index in [4.69, 9.17) is 4.74 Å². The van der Waals surface area contributed by atoms with E-state index in [1.807, 2.05) is 78.5 Å². The van der Waals surface area contributed by atoms with Crippen molar-refractivity contribution in [1.29, 1.82) is 0 Å². The SMILES string of the molecule is C=C(c1cc(C(=O)O)cc(N(C)c2cccc(OC)c2)c1)c1ccc(N(C)c2ccc(O)cc2)cn1. The van der Waals surface area contributed by atoms with Crippen molar-refractivity contribution in [1.82, 2.24) is 4.98 Å².